The van der Waals surface area contributed by atoms with Crippen LogP contribution in [0.1, 0.15) is 25.3 Å². The van der Waals surface area contributed by atoms with Crippen molar-refractivity contribution in [1.29, 1.82) is 0 Å². The van der Waals surface area contributed by atoms with Gasteiger partial charge in [0.25, 0.3) is 0 Å². The van der Waals surface area contributed by atoms with Crippen molar-refractivity contribution in [3.05, 3.63) is 29.8 Å². The molecule has 0 aliphatic rings. The highest BCUT2D eigenvalue weighted by atomic mass is 35.5. The van der Waals surface area contributed by atoms with E-state index in [1.165, 1.54) is 18.4 Å². The number of rotatable bonds is 4. The topological polar surface area (TPSA) is 37.4 Å². The van der Waals surface area contributed by atoms with Gasteiger partial charge in [-0.3, -0.25) is 0 Å². The largest absolute Gasteiger partial charge is 0.242 e. The van der Waals surface area contributed by atoms with E-state index in [1.54, 1.807) is 12.1 Å². The fourth-order valence-electron chi connectivity index (χ4n) is 1.54. The van der Waals surface area contributed by atoms with Crippen LogP contribution in [-0.4, -0.2) is 32.2 Å². The van der Waals surface area contributed by atoms with E-state index >= 15 is 0 Å². The first-order valence-electron chi connectivity index (χ1n) is 5.44. The van der Waals surface area contributed by atoms with Gasteiger partial charge in [0.05, 0.1) is 4.90 Å². The monoisotopic (exact) mass is 275 g/mol. The molecule has 3 nitrogen and oxygen atoms in total. The lowest BCUT2D eigenvalue weighted by atomic mass is 9.98. The number of nitrogens with zero attached hydrogens (tertiary/aromatic N) is 1. The van der Waals surface area contributed by atoms with Crippen LogP contribution in [0.5, 0.6) is 0 Å². The van der Waals surface area contributed by atoms with Crippen LogP contribution in [0.3, 0.4) is 0 Å². The summed E-state index contributed by atoms with van der Waals surface area (Å²) in [7, 11) is -0.354. The van der Waals surface area contributed by atoms with E-state index in [4.69, 9.17) is 11.6 Å². The molecule has 1 aromatic rings. The summed E-state index contributed by atoms with van der Waals surface area (Å²) in [5, 5.41) is -0.117. The number of sulfonamides is 1. The first kappa shape index (κ1) is 14.5. The summed E-state index contributed by atoms with van der Waals surface area (Å²) >= 11 is 6.06. The maximum atomic E-state index is 12.2. The molecule has 0 aromatic heterocycles. The van der Waals surface area contributed by atoms with E-state index in [2.05, 4.69) is 0 Å². The summed E-state index contributed by atoms with van der Waals surface area (Å²) in [6.45, 7) is 3.80. The van der Waals surface area contributed by atoms with Crippen LogP contribution in [0.2, 0.25) is 0 Å². The molecule has 0 spiro atoms. The summed E-state index contributed by atoms with van der Waals surface area (Å²) < 4.78 is 25.5. The zero-order valence-electron chi connectivity index (χ0n) is 10.5. The molecule has 1 aromatic carbocycles. The number of hydrogen-bond acceptors (Lipinski definition) is 2. The molecule has 0 saturated carbocycles. The Bertz CT molecular complexity index is 483. The van der Waals surface area contributed by atoms with Gasteiger partial charge in [0.15, 0.2) is 0 Å². The van der Waals surface area contributed by atoms with Crippen LogP contribution in [0.15, 0.2) is 29.2 Å². The summed E-state index contributed by atoms with van der Waals surface area (Å²) in [6, 6.07) is 7.01. The minimum atomic E-state index is -3.41. The van der Waals surface area contributed by atoms with Crippen LogP contribution in [0.4, 0.5) is 0 Å². The Hall–Kier alpha value is -0.580. The van der Waals surface area contributed by atoms with E-state index in [-0.39, 0.29) is 11.3 Å². The number of halogens is 1. The van der Waals surface area contributed by atoms with Crippen molar-refractivity contribution in [2.24, 2.45) is 0 Å². The minimum Gasteiger partial charge on any atom is -0.207 e. The standard InChI is InChI=1S/C12H18ClNO2S/c1-9(10(2)13)11-7-5-6-8-12(11)17(15,16)14(3)4/h5-10H,1-4H3. The van der Waals surface area contributed by atoms with Crippen LogP contribution in [0, 0.1) is 0 Å². The van der Waals surface area contributed by atoms with Gasteiger partial charge >= 0.3 is 0 Å². The molecule has 0 bridgehead atoms. The lowest BCUT2D eigenvalue weighted by Gasteiger charge is -2.20. The van der Waals surface area contributed by atoms with Gasteiger partial charge in [-0.05, 0) is 24.5 Å². The van der Waals surface area contributed by atoms with Gasteiger partial charge in [0, 0.05) is 19.5 Å². The Balaban J connectivity index is 3.36. The molecule has 0 aliphatic heterocycles. The molecule has 0 saturated heterocycles. The highest BCUT2D eigenvalue weighted by Crippen LogP contribution is 2.29. The number of alkyl halides is 1. The summed E-state index contributed by atoms with van der Waals surface area (Å²) in [5.74, 6) is -0.0115. The molecule has 0 fully saturated rings. The third-order valence-corrected chi connectivity index (χ3v) is 5.12. The van der Waals surface area contributed by atoms with E-state index in [1.807, 2.05) is 26.0 Å². The average Bonchev–Trinajstić information content (AvgIpc) is 2.27. The fourth-order valence-corrected chi connectivity index (χ4v) is 2.87. The predicted molar refractivity (Wildman–Crippen MR) is 71.0 cm³/mol. The van der Waals surface area contributed by atoms with Crippen molar-refractivity contribution >= 4 is 21.6 Å². The van der Waals surface area contributed by atoms with E-state index < -0.39 is 10.0 Å². The Morgan fingerprint density at radius 2 is 1.71 bits per heavy atom. The van der Waals surface area contributed by atoms with Crippen LogP contribution < -0.4 is 0 Å². The first-order valence-corrected chi connectivity index (χ1v) is 7.31. The molecule has 2 unspecified atom stereocenters. The van der Waals surface area contributed by atoms with Crippen molar-refractivity contribution < 1.29 is 8.42 Å². The smallest absolute Gasteiger partial charge is 0.207 e. The zero-order valence-corrected chi connectivity index (χ0v) is 12.1. The van der Waals surface area contributed by atoms with Crippen molar-refractivity contribution in [3.63, 3.8) is 0 Å². The quantitative estimate of drug-likeness (QED) is 0.793. The molecule has 0 amide bonds. The minimum absolute atomic E-state index is 0.0115. The highest BCUT2D eigenvalue weighted by molar-refractivity contribution is 7.89. The average molecular weight is 276 g/mol. The van der Waals surface area contributed by atoms with Crippen molar-refractivity contribution in [1.82, 2.24) is 4.31 Å². The Morgan fingerprint density at radius 1 is 1.18 bits per heavy atom. The highest BCUT2D eigenvalue weighted by Gasteiger charge is 2.24. The van der Waals surface area contributed by atoms with Crippen molar-refractivity contribution in [2.75, 3.05) is 14.1 Å². The van der Waals surface area contributed by atoms with Gasteiger partial charge in [-0.1, -0.05) is 25.1 Å². The molecular weight excluding hydrogens is 258 g/mol. The summed E-state index contributed by atoms with van der Waals surface area (Å²) in [5.41, 5.74) is 0.767. The van der Waals surface area contributed by atoms with Crippen LogP contribution >= 0.6 is 11.6 Å². The molecular formula is C12H18ClNO2S. The summed E-state index contributed by atoms with van der Waals surface area (Å²) in [4.78, 5) is 0.338. The van der Waals surface area contributed by atoms with E-state index in [0.717, 1.165) is 5.56 Å². The van der Waals surface area contributed by atoms with Gasteiger partial charge < -0.3 is 0 Å². The SMILES string of the molecule is CC(Cl)C(C)c1ccccc1S(=O)(=O)N(C)C. The molecule has 96 valence electrons. The van der Waals surface area contributed by atoms with Gasteiger partial charge in [-0.15, -0.1) is 11.6 Å². The normalized spacial score (nSPS) is 15.9. The third-order valence-electron chi connectivity index (χ3n) is 2.86. The van der Waals surface area contributed by atoms with Gasteiger partial charge in [0.1, 0.15) is 0 Å². The maximum absolute atomic E-state index is 12.2. The van der Waals surface area contributed by atoms with Crippen LogP contribution in [0.25, 0.3) is 0 Å². The second kappa shape index (κ2) is 5.38. The Morgan fingerprint density at radius 3 is 2.18 bits per heavy atom. The molecule has 0 aliphatic carbocycles. The van der Waals surface area contributed by atoms with Gasteiger partial charge in [-0.2, -0.15) is 0 Å². The number of benzene rings is 1. The predicted octanol–water partition coefficient (Wildman–Crippen LogP) is 2.67. The molecule has 17 heavy (non-hydrogen) atoms. The van der Waals surface area contributed by atoms with Crippen molar-refractivity contribution in [2.45, 2.75) is 30.0 Å². The molecule has 0 N–H and O–H groups in total. The molecule has 1 rings (SSSR count). The van der Waals surface area contributed by atoms with Crippen LogP contribution in [-0.2, 0) is 10.0 Å². The Labute approximate surface area is 108 Å². The second-order valence-electron chi connectivity index (χ2n) is 4.29. The zero-order chi connectivity index (χ0) is 13.2. The van der Waals surface area contributed by atoms with Gasteiger partial charge in [0.2, 0.25) is 10.0 Å². The first-order chi connectivity index (χ1) is 7.78. The Kier molecular flexibility index (Phi) is 4.58. The second-order valence-corrected chi connectivity index (χ2v) is 7.10. The summed E-state index contributed by atoms with van der Waals surface area (Å²) in [6.07, 6.45) is 0. The molecule has 5 heteroatoms. The molecule has 0 heterocycles. The van der Waals surface area contributed by atoms with Crippen molar-refractivity contribution in [3.8, 4) is 0 Å². The molecule has 2 atom stereocenters. The number of hydrogen-bond donors (Lipinski definition) is 0. The fraction of sp³-hybridized carbons (Fsp3) is 0.500. The lowest BCUT2D eigenvalue weighted by molar-refractivity contribution is 0.518. The maximum Gasteiger partial charge on any atom is 0.242 e. The third kappa shape index (κ3) is 3.00. The van der Waals surface area contributed by atoms with E-state index in [0.29, 0.717) is 4.90 Å². The molecule has 0 radical (unpaired) electrons. The van der Waals surface area contributed by atoms with E-state index in [9.17, 15) is 8.42 Å². The lowest BCUT2D eigenvalue weighted by Crippen LogP contribution is -2.24. The van der Waals surface area contributed by atoms with Gasteiger partial charge in [-0.25, -0.2) is 12.7 Å².